The molecule has 1 amide bonds. The van der Waals surface area contributed by atoms with E-state index in [2.05, 4.69) is 10.0 Å². The molecule has 0 aliphatic carbocycles. The summed E-state index contributed by atoms with van der Waals surface area (Å²) in [5.41, 5.74) is -2.74. The summed E-state index contributed by atoms with van der Waals surface area (Å²) in [5.74, 6) is -4.38. The first-order chi connectivity index (χ1) is 21.4. The fourth-order valence-corrected chi connectivity index (χ4v) is 6.43. The van der Waals surface area contributed by atoms with Crippen LogP contribution in [0.4, 0.5) is 0 Å². The predicted octanol–water partition coefficient (Wildman–Crippen LogP) is 6.18. The van der Waals surface area contributed by atoms with Crippen LogP contribution in [0.3, 0.4) is 0 Å². The zero-order valence-corrected chi connectivity index (χ0v) is 27.9. The van der Waals surface area contributed by atoms with Gasteiger partial charge in [0.2, 0.25) is 40.4 Å². The molecule has 4 N–H and O–H groups in total. The molecule has 0 fully saturated rings. The Morgan fingerprint density at radius 1 is 0.717 bits per heavy atom. The molecule has 2 heterocycles. The third-order valence-electron chi connectivity index (χ3n) is 6.84. The molecule has 242 valence electrons. The van der Waals surface area contributed by atoms with Crippen LogP contribution in [-0.4, -0.2) is 36.1 Å². The van der Waals surface area contributed by atoms with Gasteiger partial charge < -0.3 is 19.7 Å². The molecule has 2 atom stereocenters. The van der Waals surface area contributed by atoms with Gasteiger partial charge in [-0.1, -0.05) is 88.9 Å². The third-order valence-corrected chi connectivity index (χ3v) is 9.83. The first-order valence-electron chi connectivity index (χ1n) is 13.0. The second kappa shape index (κ2) is 13.0. The summed E-state index contributed by atoms with van der Waals surface area (Å²) in [6.45, 7) is 4.04. The molecule has 0 bridgehead atoms. The molecule has 0 radical (unpaired) electrons. The van der Waals surface area contributed by atoms with E-state index in [-0.39, 0.29) is 36.4 Å². The number of ketones is 2. The Kier molecular flexibility index (Phi) is 9.91. The van der Waals surface area contributed by atoms with Gasteiger partial charge in [0.15, 0.2) is 0 Å². The lowest BCUT2D eigenvalue weighted by molar-refractivity contribution is -0.132. The van der Waals surface area contributed by atoms with E-state index in [0.717, 1.165) is 0 Å². The first kappa shape index (κ1) is 34.9. The molecule has 0 saturated carbocycles. The molecule has 2 aliphatic heterocycles. The summed E-state index contributed by atoms with van der Waals surface area (Å²) < 4.78 is 37.8. The van der Waals surface area contributed by atoms with Gasteiger partial charge in [0.1, 0.15) is 0 Å². The van der Waals surface area contributed by atoms with E-state index in [1.807, 2.05) is 0 Å². The third kappa shape index (κ3) is 6.49. The van der Waals surface area contributed by atoms with E-state index < -0.39 is 56.1 Å². The Balaban J connectivity index is 0.000000216. The Labute approximate surface area is 283 Å². The van der Waals surface area contributed by atoms with E-state index >= 15 is 0 Å². The number of Topliss-reactive ketones (excluding diaryl/α,β-unsaturated/α-hetero) is 2. The molecule has 0 spiro atoms. The Bertz CT molecular complexity index is 1930. The molecule has 0 saturated heterocycles. The number of amides is 1. The van der Waals surface area contributed by atoms with Gasteiger partial charge in [0.25, 0.3) is 21.6 Å². The van der Waals surface area contributed by atoms with Crippen LogP contribution in [0.15, 0.2) is 94.9 Å². The topological polar surface area (TPSA) is 168 Å². The zero-order chi connectivity index (χ0) is 34.2. The lowest BCUT2D eigenvalue weighted by Crippen LogP contribution is -2.32. The van der Waals surface area contributed by atoms with Crippen molar-refractivity contribution in [3.63, 3.8) is 0 Å². The molecule has 3 aromatic carbocycles. The van der Waals surface area contributed by atoms with Crippen molar-refractivity contribution in [1.82, 2.24) is 10.0 Å². The van der Waals surface area contributed by atoms with Crippen LogP contribution in [-0.2, 0) is 45.1 Å². The van der Waals surface area contributed by atoms with Crippen molar-refractivity contribution in [2.24, 2.45) is 0 Å². The van der Waals surface area contributed by atoms with Gasteiger partial charge in [-0.05, 0) is 38.1 Å². The van der Waals surface area contributed by atoms with Crippen LogP contribution in [0, 0.1) is 0 Å². The molecule has 2 aliphatic rings. The first-order valence-corrected chi connectivity index (χ1v) is 16.0. The molecule has 16 heteroatoms. The van der Waals surface area contributed by atoms with Crippen LogP contribution < -0.4 is 10.0 Å². The predicted molar refractivity (Wildman–Crippen MR) is 170 cm³/mol. The van der Waals surface area contributed by atoms with Crippen molar-refractivity contribution in [2.45, 2.75) is 36.9 Å². The fourth-order valence-electron chi connectivity index (χ4n) is 4.45. The van der Waals surface area contributed by atoms with Crippen molar-refractivity contribution < 1.29 is 42.5 Å². The number of rotatable bonds is 6. The van der Waals surface area contributed by atoms with Gasteiger partial charge in [-0.25, -0.2) is 13.1 Å². The normalized spacial score (nSPS) is 20.9. The number of benzene rings is 3. The second-order valence-corrected chi connectivity index (χ2v) is 13.3. The minimum atomic E-state index is -4.05. The Morgan fingerprint density at radius 2 is 1.15 bits per heavy atom. The van der Waals surface area contributed by atoms with Crippen molar-refractivity contribution in [3.05, 3.63) is 121 Å². The van der Waals surface area contributed by atoms with Gasteiger partial charge in [0.05, 0.1) is 25.0 Å². The monoisotopic (exact) mass is 728 g/mol. The summed E-state index contributed by atoms with van der Waals surface area (Å²) in [5, 5.41) is 22.8. The average molecular weight is 730 g/mol. The minimum absolute atomic E-state index is 0.0502. The maximum atomic E-state index is 12.6. The van der Waals surface area contributed by atoms with Gasteiger partial charge >= 0.3 is 0 Å². The summed E-state index contributed by atoms with van der Waals surface area (Å²) >= 11 is 24.1. The number of hydrogen-bond donors (Lipinski definition) is 4. The molecule has 0 aromatic heterocycles. The van der Waals surface area contributed by atoms with E-state index in [1.54, 1.807) is 42.5 Å². The smallest absolute Gasteiger partial charge is 0.264 e. The number of halogens is 4. The van der Waals surface area contributed by atoms with Crippen LogP contribution in [0.25, 0.3) is 0 Å². The van der Waals surface area contributed by atoms with Gasteiger partial charge in [0, 0.05) is 18.1 Å². The molecular formula is C30H24Cl4N2O9S. The van der Waals surface area contributed by atoms with E-state index in [9.17, 15) is 33.0 Å². The van der Waals surface area contributed by atoms with Gasteiger partial charge in [-0.15, -0.1) is 0 Å². The maximum Gasteiger partial charge on any atom is 0.264 e. The number of carbonyl (C=O) groups is 3. The van der Waals surface area contributed by atoms with Gasteiger partial charge in [-0.3, -0.25) is 19.7 Å². The number of aliphatic hydroxyl groups is 2. The highest BCUT2D eigenvalue weighted by molar-refractivity contribution is 7.89. The Hall–Kier alpha value is -3.94. The van der Waals surface area contributed by atoms with Crippen molar-refractivity contribution >= 4 is 73.9 Å². The maximum absolute atomic E-state index is 12.6. The van der Waals surface area contributed by atoms with Crippen LogP contribution >= 0.6 is 46.4 Å². The summed E-state index contributed by atoms with van der Waals surface area (Å²) in [7, 11) is -4.05. The van der Waals surface area contributed by atoms with Crippen LogP contribution in [0.2, 0.25) is 20.1 Å². The number of carbonyl (C=O) groups excluding carboxylic acids is 3. The molecular weight excluding hydrogens is 706 g/mol. The van der Waals surface area contributed by atoms with E-state index in [1.165, 1.54) is 45.0 Å². The average Bonchev–Trinajstić information content (AvgIpc) is 3.35. The van der Waals surface area contributed by atoms with E-state index in [0.29, 0.717) is 5.56 Å². The summed E-state index contributed by atoms with van der Waals surface area (Å²) in [6, 6.07) is 16.8. The molecule has 11 nitrogen and oxygen atoms in total. The molecule has 3 aromatic rings. The van der Waals surface area contributed by atoms with E-state index in [4.69, 9.17) is 55.9 Å². The fraction of sp³-hybridized carbons (Fsp3) is 0.167. The lowest BCUT2D eigenvalue weighted by atomic mass is 9.91. The number of sulfonamides is 1. The van der Waals surface area contributed by atoms with Crippen molar-refractivity contribution in [3.8, 4) is 0 Å². The second-order valence-electron chi connectivity index (χ2n) is 10.1. The minimum Gasteiger partial charge on any atom is -0.501 e. The number of aliphatic hydroxyl groups excluding tert-OH is 2. The highest BCUT2D eigenvalue weighted by Gasteiger charge is 2.51. The zero-order valence-electron chi connectivity index (χ0n) is 24.0. The highest BCUT2D eigenvalue weighted by Crippen LogP contribution is 2.43. The van der Waals surface area contributed by atoms with Gasteiger partial charge in [-0.2, -0.15) is 0 Å². The quantitative estimate of drug-likeness (QED) is 0.231. The van der Waals surface area contributed by atoms with Crippen LogP contribution in [0.5, 0.6) is 0 Å². The summed E-state index contributed by atoms with van der Waals surface area (Å²) in [4.78, 5) is 35.7. The SMILES string of the molecule is CC(=O)NC1=C(O)C(=O)C(C)(c2cccc(Cl)c2Cl)O1.CC1(c2cccc(Cl)c2Cl)OC(NS(=O)(=O)c2ccccc2)=C(O)C1=O. The highest BCUT2D eigenvalue weighted by atomic mass is 35.5. The lowest BCUT2D eigenvalue weighted by Gasteiger charge is -2.25. The van der Waals surface area contributed by atoms with Crippen molar-refractivity contribution in [2.75, 3.05) is 0 Å². The summed E-state index contributed by atoms with van der Waals surface area (Å²) in [6.07, 6.45) is 0. The van der Waals surface area contributed by atoms with Crippen LogP contribution in [0.1, 0.15) is 31.9 Å². The van der Waals surface area contributed by atoms with Crippen molar-refractivity contribution in [1.29, 1.82) is 0 Å². The molecule has 5 rings (SSSR count). The Morgan fingerprint density at radius 3 is 1.61 bits per heavy atom. The number of hydrogen-bond acceptors (Lipinski definition) is 9. The standard InChI is InChI=1S/C17H13Cl2NO5S.C13H11Cl2NO4/c1-17(11-8-5-9-12(18)13(11)19)15(22)14(21)16(25-17)20-26(23,24)10-6-3-2-4-7-10;1-6(17)16-12-10(18)11(19)13(2,20-12)7-4-3-5-8(14)9(7)15/h2-9,20-21H,1H3;3-5,18H,1-2H3,(H,16,17). The number of nitrogens with one attached hydrogen (secondary N) is 2. The molecule has 2 unspecified atom stereocenters. The number of ether oxygens (including phenoxy) is 2. The molecule has 46 heavy (non-hydrogen) atoms. The largest absolute Gasteiger partial charge is 0.501 e.